The molecule has 0 bridgehead atoms. The van der Waals surface area contributed by atoms with Crippen LogP contribution >= 0.6 is 11.3 Å². The smallest absolute Gasteiger partial charge is 0.357 e. The van der Waals surface area contributed by atoms with E-state index in [0.29, 0.717) is 56.4 Å². The lowest BCUT2D eigenvalue weighted by atomic mass is 10.1. The standard InChI is InChI=1S/C16H26F3N5O2S2/c1-3-20-15(21-8-5-14-23-13(11-27-14)16(17,18)19)22-12-6-9-24(10-7-12)28(25,26)4-2/h11-12H,3-10H2,1-2H3,(H2,20,21,22). The van der Waals surface area contributed by atoms with Gasteiger partial charge in [-0.3, -0.25) is 4.99 Å². The molecule has 1 fully saturated rings. The first kappa shape index (κ1) is 22.9. The zero-order valence-electron chi connectivity index (χ0n) is 15.9. The van der Waals surface area contributed by atoms with Gasteiger partial charge in [0.05, 0.1) is 10.8 Å². The molecule has 1 aliphatic heterocycles. The van der Waals surface area contributed by atoms with Gasteiger partial charge in [0, 0.05) is 44.0 Å². The van der Waals surface area contributed by atoms with Crippen LogP contribution in [-0.4, -0.2) is 61.6 Å². The molecule has 1 aliphatic rings. The fraction of sp³-hybridized carbons (Fsp3) is 0.750. The highest BCUT2D eigenvalue weighted by Crippen LogP contribution is 2.30. The van der Waals surface area contributed by atoms with Gasteiger partial charge in [0.15, 0.2) is 11.7 Å². The van der Waals surface area contributed by atoms with Crippen LogP contribution in [0.25, 0.3) is 0 Å². The molecule has 0 unspecified atom stereocenters. The van der Waals surface area contributed by atoms with Crippen molar-refractivity contribution in [2.75, 3.05) is 31.9 Å². The molecule has 2 heterocycles. The second-order valence-corrected chi connectivity index (χ2v) is 9.55. The van der Waals surface area contributed by atoms with Gasteiger partial charge in [-0.25, -0.2) is 17.7 Å². The van der Waals surface area contributed by atoms with Gasteiger partial charge in [0.1, 0.15) is 0 Å². The SMILES string of the molecule is CCNC(=NCCc1nc(C(F)(F)F)cs1)NC1CCN(S(=O)(=O)CC)CC1. The molecule has 28 heavy (non-hydrogen) atoms. The number of hydrogen-bond donors (Lipinski definition) is 2. The van der Waals surface area contributed by atoms with Crippen LogP contribution in [-0.2, 0) is 22.6 Å². The molecule has 0 radical (unpaired) electrons. The summed E-state index contributed by atoms with van der Waals surface area (Å²) in [5.41, 5.74) is -0.865. The van der Waals surface area contributed by atoms with Crippen molar-refractivity contribution in [2.24, 2.45) is 4.99 Å². The average molecular weight is 442 g/mol. The largest absolute Gasteiger partial charge is 0.434 e. The van der Waals surface area contributed by atoms with Crippen molar-refractivity contribution in [3.63, 3.8) is 0 Å². The molecule has 12 heteroatoms. The molecule has 7 nitrogen and oxygen atoms in total. The van der Waals surface area contributed by atoms with Crippen LogP contribution in [0.4, 0.5) is 13.2 Å². The Hall–Kier alpha value is -1.40. The van der Waals surface area contributed by atoms with Crippen LogP contribution in [0.5, 0.6) is 0 Å². The van der Waals surface area contributed by atoms with E-state index in [-0.39, 0.29) is 11.8 Å². The monoisotopic (exact) mass is 441 g/mol. The van der Waals surface area contributed by atoms with Gasteiger partial charge in [-0.15, -0.1) is 11.3 Å². The Kier molecular flexibility index (Phi) is 8.07. The molecule has 0 aliphatic carbocycles. The normalized spacial score (nSPS) is 17.7. The number of nitrogens with zero attached hydrogens (tertiary/aromatic N) is 3. The highest BCUT2D eigenvalue weighted by Gasteiger charge is 2.33. The maximum atomic E-state index is 12.6. The molecule has 160 valence electrons. The Morgan fingerprint density at radius 3 is 2.57 bits per heavy atom. The summed E-state index contributed by atoms with van der Waals surface area (Å²) in [5, 5.41) is 7.80. The third kappa shape index (κ3) is 6.59. The molecule has 0 aromatic carbocycles. The molecule has 2 rings (SSSR count). The predicted octanol–water partition coefficient (Wildman–Crippen LogP) is 2.07. The number of thiazole rings is 1. The number of guanidine groups is 1. The van der Waals surface area contributed by atoms with Gasteiger partial charge < -0.3 is 10.6 Å². The van der Waals surface area contributed by atoms with Crippen LogP contribution in [0.3, 0.4) is 0 Å². The molecular formula is C16H26F3N5O2S2. The first-order chi connectivity index (χ1) is 13.2. The average Bonchev–Trinajstić information content (AvgIpc) is 3.12. The number of nitrogens with one attached hydrogen (secondary N) is 2. The van der Waals surface area contributed by atoms with Crippen molar-refractivity contribution in [2.45, 2.75) is 45.3 Å². The second kappa shape index (κ2) is 9.88. The number of rotatable bonds is 7. The van der Waals surface area contributed by atoms with Crippen molar-refractivity contribution in [1.82, 2.24) is 19.9 Å². The quantitative estimate of drug-likeness (QED) is 0.500. The number of piperidine rings is 1. The number of alkyl halides is 3. The van der Waals surface area contributed by atoms with E-state index in [9.17, 15) is 21.6 Å². The first-order valence-electron chi connectivity index (χ1n) is 9.20. The van der Waals surface area contributed by atoms with E-state index in [1.807, 2.05) is 6.92 Å². The number of aliphatic imine (C=N–C) groups is 1. The van der Waals surface area contributed by atoms with E-state index >= 15 is 0 Å². The molecule has 1 aromatic rings. The molecule has 1 aromatic heterocycles. The van der Waals surface area contributed by atoms with E-state index in [1.54, 1.807) is 6.92 Å². The van der Waals surface area contributed by atoms with Crippen LogP contribution in [0, 0.1) is 0 Å². The zero-order valence-corrected chi connectivity index (χ0v) is 17.6. The van der Waals surface area contributed by atoms with Crippen molar-refractivity contribution in [1.29, 1.82) is 0 Å². The minimum Gasteiger partial charge on any atom is -0.357 e. The highest BCUT2D eigenvalue weighted by molar-refractivity contribution is 7.89. The summed E-state index contributed by atoms with van der Waals surface area (Å²) in [4.78, 5) is 8.01. The van der Waals surface area contributed by atoms with Gasteiger partial charge in [0.2, 0.25) is 10.0 Å². The Bertz CT molecular complexity index is 757. The summed E-state index contributed by atoms with van der Waals surface area (Å²) in [7, 11) is -3.16. The van der Waals surface area contributed by atoms with Crippen molar-refractivity contribution < 1.29 is 21.6 Å². The highest BCUT2D eigenvalue weighted by atomic mass is 32.2. The number of halogens is 3. The first-order valence-corrected chi connectivity index (χ1v) is 11.7. The van der Waals surface area contributed by atoms with E-state index in [1.165, 1.54) is 4.31 Å². The Morgan fingerprint density at radius 2 is 2.04 bits per heavy atom. The van der Waals surface area contributed by atoms with E-state index < -0.39 is 21.9 Å². The van der Waals surface area contributed by atoms with Gasteiger partial charge >= 0.3 is 6.18 Å². The lowest BCUT2D eigenvalue weighted by Gasteiger charge is -2.32. The number of aromatic nitrogens is 1. The lowest BCUT2D eigenvalue weighted by molar-refractivity contribution is -0.140. The Balaban J connectivity index is 1.86. The predicted molar refractivity (Wildman–Crippen MR) is 104 cm³/mol. The third-order valence-corrected chi connectivity index (χ3v) is 7.13. The second-order valence-electron chi connectivity index (χ2n) is 6.35. The van der Waals surface area contributed by atoms with Crippen molar-refractivity contribution >= 4 is 27.3 Å². The van der Waals surface area contributed by atoms with Crippen molar-refractivity contribution in [3.05, 3.63) is 16.1 Å². The lowest BCUT2D eigenvalue weighted by Crippen LogP contribution is -2.50. The molecule has 2 N–H and O–H groups in total. The van der Waals surface area contributed by atoms with Crippen LogP contribution in [0.1, 0.15) is 37.4 Å². The van der Waals surface area contributed by atoms with Gasteiger partial charge in [-0.1, -0.05) is 0 Å². The third-order valence-electron chi connectivity index (χ3n) is 4.33. The van der Waals surface area contributed by atoms with Crippen LogP contribution in [0.2, 0.25) is 0 Å². The summed E-state index contributed by atoms with van der Waals surface area (Å²) >= 11 is 0.978. The Morgan fingerprint density at radius 1 is 1.36 bits per heavy atom. The zero-order chi connectivity index (χ0) is 20.8. The van der Waals surface area contributed by atoms with Crippen molar-refractivity contribution in [3.8, 4) is 0 Å². The van der Waals surface area contributed by atoms with E-state index in [0.717, 1.165) is 16.7 Å². The summed E-state index contributed by atoms with van der Waals surface area (Å²) in [5.74, 6) is 0.675. The summed E-state index contributed by atoms with van der Waals surface area (Å²) < 4.78 is 63.1. The van der Waals surface area contributed by atoms with Gasteiger partial charge in [-0.2, -0.15) is 13.2 Å². The van der Waals surface area contributed by atoms with Crippen LogP contribution in [0.15, 0.2) is 10.4 Å². The fourth-order valence-corrected chi connectivity index (χ4v) is 4.72. The van der Waals surface area contributed by atoms with Crippen LogP contribution < -0.4 is 10.6 Å². The molecule has 0 spiro atoms. The topological polar surface area (TPSA) is 86.7 Å². The number of sulfonamides is 1. The van der Waals surface area contributed by atoms with Gasteiger partial charge in [0.25, 0.3) is 0 Å². The van der Waals surface area contributed by atoms with E-state index in [4.69, 9.17) is 0 Å². The summed E-state index contributed by atoms with van der Waals surface area (Å²) in [6, 6.07) is 0.0952. The molecular weight excluding hydrogens is 415 g/mol. The summed E-state index contributed by atoms with van der Waals surface area (Å²) in [6.07, 6.45) is -2.75. The molecule has 1 saturated heterocycles. The minimum atomic E-state index is -4.42. The molecule has 0 atom stereocenters. The molecule has 0 saturated carbocycles. The fourth-order valence-electron chi connectivity index (χ4n) is 2.79. The van der Waals surface area contributed by atoms with Gasteiger partial charge in [-0.05, 0) is 26.7 Å². The summed E-state index contributed by atoms with van der Waals surface area (Å²) in [6.45, 7) is 5.44. The molecule has 0 amide bonds. The Labute approximate surface area is 167 Å². The maximum absolute atomic E-state index is 12.6. The van der Waals surface area contributed by atoms with E-state index in [2.05, 4.69) is 20.6 Å². The minimum absolute atomic E-state index is 0.0952. The number of hydrogen-bond acceptors (Lipinski definition) is 5. The maximum Gasteiger partial charge on any atom is 0.434 e.